The summed E-state index contributed by atoms with van der Waals surface area (Å²) in [5.74, 6) is 1.53. The van der Waals surface area contributed by atoms with Gasteiger partial charge in [0.05, 0.1) is 26.2 Å². The van der Waals surface area contributed by atoms with Gasteiger partial charge < -0.3 is 19.3 Å². The first-order valence-electron chi connectivity index (χ1n) is 7.44. The van der Waals surface area contributed by atoms with Crippen LogP contribution < -0.4 is 19.5 Å². The monoisotopic (exact) mass is 382 g/mol. The summed E-state index contributed by atoms with van der Waals surface area (Å²) in [6, 6.07) is 3.08. The number of hydrogen-bond donors (Lipinski definition) is 2. The molecular formula is C16H18N2O5S2. The highest BCUT2D eigenvalue weighted by Crippen LogP contribution is 2.44. The van der Waals surface area contributed by atoms with Gasteiger partial charge in [0.25, 0.3) is 0 Å². The van der Waals surface area contributed by atoms with Crippen LogP contribution in [0.3, 0.4) is 0 Å². The van der Waals surface area contributed by atoms with E-state index in [1.165, 1.54) is 11.3 Å². The molecule has 1 aliphatic rings. The van der Waals surface area contributed by atoms with Crippen LogP contribution >= 0.6 is 23.1 Å². The molecule has 0 amide bonds. The van der Waals surface area contributed by atoms with Gasteiger partial charge in [0.2, 0.25) is 0 Å². The zero-order valence-corrected chi connectivity index (χ0v) is 15.6. The first kappa shape index (κ1) is 17.8. The van der Waals surface area contributed by atoms with E-state index < -0.39 is 12.0 Å². The number of thiazole rings is 1. The van der Waals surface area contributed by atoms with E-state index >= 15 is 0 Å². The number of rotatable bonds is 6. The van der Waals surface area contributed by atoms with Gasteiger partial charge in [-0.25, -0.2) is 4.98 Å². The maximum atomic E-state index is 11.1. The first-order chi connectivity index (χ1) is 12.1. The number of aliphatic carboxylic acids is 1. The SMILES string of the molecule is COc1cc(OC)c(-c2cnc(C3NC(C(=O)O)CS3)s2)cc1OC. The van der Waals surface area contributed by atoms with E-state index in [9.17, 15) is 4.79 Å². The van der Waals surface area contributed by atoms with Crippen molar-refractivity contribution in [2.45, 2.75) is 11.4 Å². The van der Waals surface area contributed by atoms with Crippen molar-refractivity contribution in [1.29, 1.82) is 0 Å². The first-order valence-corrected chi connectivity index (χ1v) is 9.30. The number of carboxylic acid groups (broad SMARTS) is 1. The highest BCUT2D eigenvalue weighted by Gasteiger charge is 2.32. The molecule has 1 aromatic carbocycles. The molecule has 2 aromatic rings. The minimum atomic E-state index is -0.840. The number of ether oxygens (including phenoxy) is 3. The van der Waals surface area contributed by atoms with Crippen LogP contribution in [-0.4, -0.2) is 49.2 Å². The lowest BCUT2D eigenvalue weighted by Crippen LogP contribution is -2.33. The van der Waals surface area contributed by atoms with Gasteiger partial charge in [-0.15, -0.1) is 23.1 Å². The molecule has 2 N–H and O–H groups in total. The summed E-state index contributed by atoms with van der Waals surface area (Å²) < 4.78 is 16.1. The van der Waals surface area contributed by atoms with Gasteiger partial charge in [0.1, 0.15) is 22.2 Å². The van der Waals surface area contributed by atoms with Crippen molar-refractivity contribution in [2.75, 3.05) is 27.1 Å². The molecule has 7 nitrogen and oxygen atoms in total. The van der Waals surface area contributed by atoms with Crippen molar-refractivity contribution in [3.05, 3.63) is 23.3 Å². The fourth-order valence-electron chi connectivity index (χ4n) is 2.51. The van der Waals surface area contributed by atoms with E-state index in [1.807, 2.05) is 6.07 Å². The molecule has 2 heterocycles. The lowest BCUT2D eigenvalue weighted by atomic mass is 10.1. The third-order valence-corrected chi connectivity index (χ3v) is 6.26. The van der Waals surface area contributed by atoms with Crippen molar-refractivity contribution in [3.63, 3.8) is 0 Å². The highest BCUT2D eigenvalue weighted by atomic mass is 32.2. The molecule has 9 heteroatoms. The normalized spacial score (nSPS) is 19.6. The van der Waals surface area contributed by atoms with E-state index in [2.05, 4.69) is 10.3 Å². The second-order valence-corrected chi connectivity index (χ2v) is 7.44. The molecule has 3 rings (SSSR count). The standard InChI is InChI=1S/C16H18N2O5S2/c1-21-10-5-12(23-3)11(22-2)4-8(10)13-6-17-14(25-13)15-18-9(7-24-15)16(19)20/h4-6,9,15,18H,7H2,1-3H3,(H,19,20). The summed E-state index contributed by atoms with van der Waals surface area (Å²) in [5, 5.41) is 12.9. The number of aromatic nitrogens is 1. The fraction of sp³-hybridized carbons (Fsp3) is 0.375. The van der Waals surface area contributed by atoms with Crippen LogP contribution in [0.5, 0.6) is 17.2 Å². The molecule has 134 valence electrons. The van der Waals surface area contributed by atoms with E-state index in [0.717, 1.165) is 15.4 Å². The summed E-state index contributed by atoms with van der Waals surface area (Å²) in [6.07, 6.45) is 1.76. The Labute approximate surface area is 153 Å². The van der Waals surface area contributed by atoms with Gasteiger partial charge in [-0.3, -0.25) is 10.1 Å². The number of carbonyl (C=O) groups is 1. The average molecular weight is 382 g/mol. The van der Waals surface area contributed by atoms with Crippen LogP contribution in [0.25, 0.3) is 10.4 Å². The Hall–Kier alpha value is -1.97. The molecule has 0 spiro atoms. The molecule has 1 saturated heterocycles. The maximum absolute atomic E-state index is 11.1. The third-order valence-electron chi connectivity index (χ3n) is 3.80. The van der Waals surface area contributed by atoms with Crippen LogP contribution in [0.1, 0.15) is 10.4 Å². The Morgan fingerprint density at radius 2 is 1.88 bits per heavy atom. The molecule has 2 unspecified atom stereocenters. The third kappa shape index (κ3) is 3.53. The Balaban J connectivity index is 1.91. The number of carboxylic acids is 1. The average Bonchev–Trinajstić information content (AvgIpc) is 3.29. The van der Waals surface area contributed by atoms with E-state index in [0.29, 0.717) is 23.0 Å². The van der Waals surface area contributed by atoms with Crippen LogP contribution in [-0.2, 0) is 4.79 Å². The highest BCUT2D eigenvalue weighted by molar-refractivity contribution is 7.99. The van der Waals surface area contributed by atoms with Crippen molar-refractivity contribution >= 4 is 29.1 Å². The quantitative estimate of drug-likeness (QED) is 0.788. The molecular weight excluding hydrogens is 364 g/mol. The number of methoxy groups -OCH3 is 3. The summed E-state index contributed by atoms with van der Waals surface area (Å²) in [7, 11) is 4.75. The second-order valence-electron chi connectivity index (χ2n) is 5.24. The molecule has 0 radical (unpaired) electrons. The largest absolute Gasteiger partial charge is 0.496 e. The lowest BCUT2D eigenvalue weighted by molar-refractivity contribution is -0.138. The predicted molar refractivity (Wildman–Crippen MR) is 97.0 cm³/mol. The minimum Gasteiger partial charge on any atom is -0.496 e. The Morgan fingerprint density at radius 1 is 1.20 bits per heavy atom. The van der Waals surface area contributed by atoms with Crippen molar-refractivity contribution in [3.8, 4) is 27.7 Å². The van der Waals surface area contributed by atoms with Crippen molar-refractivity contribution in [2.24, 2.45) is 0 Å². The Bertz CT molecular complexity index is 780. The van der Waals surface area contributed by atoms with Gasteiger partial charge in [0.15, 0.2) is 11.5 Å². The maximum Gasteiger partial charge on any atom is 0.321 e. The number of thioether (sulfide) groups is 1. The zero-order chi connectivity index (χ0) is 18.0. The van der Waals surface area contributed by atoms with Crippen LogP contribution in [0.4, 0.5) is 0 Å². The zero-order valence-electron chi connectivity index (χ0n) is 13.9. The van der Waals surface area contributed by atoms with Gasteiger partial charge in [0, 0.05) is 23.6 Å². The van der Waals surface area contributed by atoms with Gasteiger partial charge in [-0.2, -0.15) is 0 Å². The molecule has 0 saturated carbocycles. The molecule has 1 fully saturated rings. The van der Waals surface area contributed by atoms with Crippen molar-refractivity contribution < 1.29 is 24.1 Å². The molecule has 0 bridgehead atoms. The number of nitrogens with zero attached hydrogens (tertiary/aromatic N) is 1. The van der Waals surface area contributed by atoms with Crippen LogP contribution in [0.2, 0.25) is 0 Å². The fourth-order valence-corrected chi connectivity index (χ4v) is 4.83. The minimum absolute atomic E-state index is 0.119. The van der Waals surface area contributed by atoms with Gasteiger partial charge in [-0.05, 0) is 6.07 Å². The Morgan fingerprint density at radius 3 is 2.48 bits per heavy atom. The molecule has 1 aromatic heterocycles. The smallest absolute Gasteiger partial charge is 0.321 e. The molecule has 1 aliphatic heterocycles. The summed E-state index contributed by atoms with van der Waals surface area (Å²) in [4.78, 5) is 16.5. The topological polar surface area (TPSA) is 89.9 Å². The molecule has 0 aliphatic carbocycles. The van der Waals surface area contributed by atoms with Gasteiger partial charge >= 0.3 is 5.97 Å². The summed E-state index contributed by atoms with van der Waals surface area (Å²) in [5.41, 5.74) is 0.849. The number of hydrogen-bond acceptors (Lipinski definition) is 8. The van der Waals surface area contributed by atoms with E-state index in [4.69, 9.17) is 19.3 Å². The summed E-state index contributed by atoms with van der Waals surface area (Å²) >= 11 is 3.04. The summed E-state index contributed by atoms with van der Waals surface area (Å²) in [6.45, 7) is 0. The van der Waals surface area contributed by atoms with Gasteiger partial charge in [-0.1, -0.05) is 0 Å². The number of nitrogens with one attached hydrogen (secondary N) is 1. The van der Waals surface area contributed by atoms with Crippen molar-refractivity contribution in [1.82, 2.24) is 10.3 Å². The van der Waals surface area contributed by atoms with E-state index in [-0.39, 0.29) is 5.37 Å². The Kier molecular flexibility index (Phi) is 5.36. The number of benzene rings is 1. The second kappa shape index (κ2) is 7.51. The molecule has 25 heavy (non-hydrogen) atoms. The van der Waals surface area contributed by atoms with E-state index in [1.54, 1.807) is 45.4 Å². The lowest BCUT2D eigenvalue weighted by Gasteiger charge is -2.13. The predicted octanol–water partition coefficient (Wildman–Crippen LogP) is 2.62. The van der Waals surface area contributed by atoms with Crippen LogP contribution in [0, 0.1) is 0 Å². The molecule has 2 atom stereocenters. The van der Waals surface area contributed by atoms with Crippen LogP contribution in [0.15, 0.2) is 18.3 Å².